The molecule has 200 valence electrons. The summed E-state index contributed by atoms with van der Waals surface area (Å²) in [4.78, 5) is 47.2. The molecule has 1 N–H and O–H groups in total. The molecule has 1 aromatic carbocycles. The third-order valence-corrected chi connectivity index (χ3v) is 8.53. The van der Waals surface area contributed by atoms with Crippen LogP contribution in [-0.4, -0.2) is 82.2 Å². The molecule has 8 heteroatoms. The number of nitrogens with zero attached hydrogens (tertiary/aromatic N) is 3. The molecule has 0 aliphatic carbocycles. The van der Waals surface area contributed by atoms with Crippen LogP contribution < -0.4 is 4.90 Å². The minimum absolute atomic E-state index is 0.00205. The molecule has 3 fully saturated rings. The van der Waals surface area contributed by atoms with Gasteiger partial charge in [0.15, 0.2) is 0 Å². The van der Waals surface area contributed by atoms with Gasteiger partial charge in [-0.2, -0.15) is 0 Å². The Balaban J connectivity index is 1.83. The quantitative estimate of drug-likeness (QED) is 0.490. The summed E-state index contributed by atoms with van der Waals surface area (Å²) in [5, 5.41) is 9.85. The van der Waals surface area contributed by atoms with Crippen molar-refractivity contribution in [3.63, 3.8) is 0 Å². The lowest BCUT2D eigenvalue weighted by Crippen LogP contribution is -2.58. The number of anilines is 1. The van der Waals surface area contributed by atoms with Crippen molar-refractivity contribution in [2.75, 3.05) is 31.1 Å². The smallest absolute Gasteiger partial charge is 0.248 e. The number of fused-ring (bicyclic) bond motifs is 1. The zero-order valence-electron chi connectivity index (χ0n) is 22.3. The van der Waals surface area contributed by atoms with Crippen LogP contribution in [0.4, 0.5) is 5.69 Å². The normalized spacial score (nSPS) is 31.9. The molecular formula is C29H39N3O5. The van der Waals surface area contributed by atoms with Crippen LogP contribution in [0.25, 0.3) is 0 Å². The standard InChI is InChI=1S/C29H39N3O5/c1-7-14-30(19(3)4)27(36)24-29-18-20(5)28(6,37-29)22(23(29)26(35)32(24)16-17-33)25(34)31(15-8-2)21-12-10-9-11-13-21/h7-13,19-20,22-24,33H,1-2,14-18H2,3-6H3/t20?,22-,23-,24?,28+,29?/m0/s1. The summed E-state index contributed by atoms with van der Waals surface area (Å²) in [5.41, 5.74) is -1.36. The zero-order chi connectivity index (χ0) is 27.1. The van der Waals surface area contributed by atoms with Gasteiger partial charge in [-0.15, -0.1) is 13.2 Å². The Morgan fingerprint density at radius 1 is 1.19 bits per heavy atom. The first kappa shape index (κ1) is 27.1. The fourth-order valence-corrected chi connectivity index (χ4v) is 6.82. The number of para-hydroxylation sites is 1. The molecule has 3 aliphatic heterocycles. The number of ether oxygens (including phenoxy) is 1. The molecule has 3 unspecified atom stereocenters. The Morgan fingerprint density at radius 3 is 2.41 bits per heavy atom. The first-order valence-corrected chi connectivity index (χ1v) is 13.1. The minimum atomic E-state index is -1.15. The van der Waals surface area contributed by atoms with Gasteiger partial charge >= 0.3 is 0 Å². The van der Waals surface area contributed by atoms with Crippen molar-refractivity contribution >= 4 is 23.4 Å². The fourth-order valence-electron chi connectivity index (χ4n) is 6.82. The molecule has 6 atom stereocenters. The van der Waals surface area contributed by atoms with Gasteiger partial charge in [0.05, 0.1) is 24.0 Å². The summed E-state index contributed by atoms with van der Waals surface area (Å²) in [5.74, 6) is -2.44. The third-order valence-electron chi connectivity index (χ3n) is 8.53. The maximum Gasteiger partial charge on any atom is 0.248 e. The second-order valence-corrected chi connectivity index (χ2v) is 10.9. The van der Waals surface area contributed by atoms with E-state index in [-0.39, 0.29) is 49.4 Å². The van der Waals surface area contributed by atoms with Crippen LogP contribution in [0, 0.1) is 17.8 Å². The van der Waals surface area contributed by atoms with E-state index in [4.69, 9.17) is 4.74 Å². The van der Waals surface area contributed by atoms with Crippen LogP contribution in [0.15, 0.2) is 55.6 Å². The molecule has 1 spiro atoms. The molecule has 3 saturated heterocycles. The second-order valence-electron chi connectivity index (χ2n) is 10.9. The predicted octanol–water partition coefficient (Wildman–Crippen LogP) is 2.63. The SMILES string of the molecule is C=CCN(C(=O)[C@@H]1[C@H]2C(=O)N(CCO)C(C(=O)N(CC=C)C(C)C)C23CC(C)[C@@]1(C)O3)c1ccccc1. The molecular weight excluding hydrogens is 470 g/mol. The Labute approximate surface area is 219 Å². The average Bonchev–Trinajstić information content (AvgIpc) is 3.37. The number of hydrogen-bond donors (Lipinski definition) is 1. The molecule has 1 aromatic rings. The zero-order valence-corrected chi connectivity index (χ0v) is 22.3. The van der Waals surface area contributed by atoms with Crippen LogP contribution in [0.1, 0.15) is 34.1 Å². The lowest BCUT2D eigenvalue weighted by molar-refractivity contribution is -0.153. The molecule has 8 nitrogen and oxygen atoms in total. The van der Waals surface area contributed by atoms with Crippen LogP contribution in [0.2, 0.25) is 0 Å². The topological polar surface area (TPSA) is 90.4 Å². The van der Waals surface area contributed by atoms with Crippen molar-refractivity contribution in [1.29, 1.82) is 0 Å². The van der Waals surface area contributed by atoms with E-state index in [1.54, 1.807) is 22.0 Å². The number of carbonyl (C=O) groups is 3. The number of β-amino-alcohol motifs (C(OH)–C–C–N with tert-alkyl or cyclic N) is 1. The minimum Gasteiger partial charge on any atom is -0.395 e. The number of carbonyl (C=O) groups excluding carboxylic acids is 3. The van der Waals surface area contributed by atoms with Gasteiger partial charge in [-0.25, -0.2) is 0 Å². The van der Waals surface area contributed by atoms with Crippen LogP contribution >= 0.6 is 0 Å². The Kier molecular flexibility index (Phi) is 7.36. The van der Waals surface area contributed by atoms with Crippen molar-refractivity contribution in [1.82, 2.24) is 9.80 Å². The van der Waals surface area contributed by atoms with Crippen molar-refractivity contribution < 1.29 is 24.2 Å². The maximum absolute atomic E-state index is 14.3. The maximum atomic E-state index is 14.3. The van der Waals surface area contributed by atoms with Gasteiger partial charge in [-0.3, -0.25) is 14.4 Å². The number of aliphatic hydroxyl groups is 1. The molecule has 0 radical (unpaired) electrons. The monoisotopic (exact) mass is 509 g/mol. The lowest BCUT2D eigenvalue weighted by atomic mass is 9.62. The molecule has 0 saturated carbocycles. The highest BCUT2D eigenvalue weighted by atomic mass is 16.5. The highest BCUT2D eigenvalue weighted by Gasteiger charge is 2.80. The average molecular weight is 510 g/mol. The van der Waals surface area contributed by atoms with Crippen LogP contribution in [0.3, 0.4) is 0 Å². The number of amides is 3. The third kappa shape index (κ3) is 4.01. The Morgan fingerprint density at radius 2 is 1.84 bits per heavy atom. The molecule has 0 aromatic heterocycles. The van der Waals surface area contributed by atoms with E-state index in [1.165, 1.54) is 4.90 Å². The van der Waals surface area contributed by atoms with Gasteiger partial charge in [-0.1, -0.05) is 37.3 Å². The van der Waals surface area contributed by atoms with Crippen molar-refractivity contribution in [3.05, 3.63) is 55.6 Å². The first-order valence-electron chi connectivity index (χ1n) is 13.1. The van der Waals surface area contributed by atoms with E-state index < -0.39 is 29.1 Å². The molecule has 37 heavy (non-hydrogen) atoms. The van der Waals surface area contributed by atoms with E-state index >= 15 is 0 Å². The van der Waals surface area contributed by atoms with Gasteiger partial charge in [-0.05, 0) is 45.2 Å². The number of benzene rings is 1. The van der Waals surface area contributed by atoms with E-state index in [2.05, 4.69) is 13.2 Å². The largest absolute Gasteiger partial charge is 0.395 e. The van der Waals surface area contributed by atoms with Gasteiger partial charge in [0.1, 0.15) is 11.6 Å². The number of rotatable bonds is 10. The molecule has 2 bridgehead atoms. The van der Waals surface area contributed by atoms with Gasteiger partial charge in [0.25, 0.3) is 0 Å². The lowest BCUT2D eigenvalue weighted by Gasteiger charge is -2.39. The van der Waals surface area contributed by atoms with Gasteiger partial charge in [0, 0.05) is 31.4 Å². The summed E-state index contributed by atoms with van der Waals surface area (Å²) in [6.45, 7) is 15.7. The second kappa shape index (κ2) is 10.1. The Bertz CT molecular complexity index is 1070. The van der Waals surface area contributed by atoms with Crippen molar-refractivity contribution in [2.45, 2.75) is 57.4 Å². The number of aliphatic hydroxyl groups excluding tert-OH is 1. The molecule has 3 aliphatic rings. The fraction of sp³-hybridized carbons (Fsp3) is 0.552. The number of hydrogen-bond acceptors (Lipinski definition) is 5. The Hall–Kier alpha value is -2.97. The molecule has 3 amide bonds. The van der Waals surface area contributed by atoms with E-state index in [0.717, 1.165) is 0 Å². The summed E-state index contributed by atoms with van der Waals surface area (Å²) < 4.78 is 6.78. The highest BCUT2D eigenvalue weighted by Crippen LogP contribution is 2.65. The van der Waals surface area contributed by atoms with Crippen molar-refractivity contribution in [2.24, 2.45) is 17.8 Å². The van der Waals surface area contributed by atoms with Gasteiger partial charge < -0.3 is 24.5 Å². The highest BCUT2D eigenvalue weighted by molar-refractivity contribution is 6.03. The van der Waals surface area contributed by atoms with Crippen molar-refractivity contribution in [3.8, 4) is 0 Å². The summed E-state index contributed by atoms with van der Waals surface area (Å²) in [6, 6.07) is 8.26. The van der Waals surface area contributed by atoms with Crippen LogP contribution in [0.5, 0.6) is 0 Å². The van der Waals surface area contributed by atoms with Crippen LogP contribution in [-0.2, 0) is 19.1 Å². The van der Waals surface area contributed by atoms with Gasteiger partial charge in [0.2, 0.25) is 17.7 Å². The van der Waals surface area contributed by atoms with E-state index in [1.807, 2.05) is 58.0 Å². The summed E-state index contributed by atoms with van der Waals surface area (Å²) in [7, 11) is 0. The van der Waals surface area contributed by atoms with E-state index in [9.17, 15) is 19.5 Å². The predicted molar refractivity (Wildman–Crippen MR) is 142 cm³/mol. The summed E-state index contributed by atoms with van der Waals surface area (Å²) >= 11 is 0. The number of likely N-dealkylation sites (tertiary alicyclic amines) is 1. The molecule has 4 rings (SSSR count). The first-order chi connectivity index (χ1) is 17.6. The summed E-state index contributed by atoms with van der Waals surface area (Å²) in [6.07, 6.45) is 3.81. The molecule has 3 heterocycles. The van der Waals surface area contributed by atoms with E-state index in [0.29, 0.717) is 18.7 Å².